The Morgan fingerprint density at radius 3 is 2.77 bits per heavy atom. The van der Waals surface area contributed by atoms with E-state index in [0.717, 1.165) is 18.5 Å². The standard InChI is InChI=1S/C10H11NO2/c12-9(13)7-10(4-5-10)8-3-1-2-6-11-8/h1-3,6H,4-5,7H2,(H,12,13). The zero-order valence-electron chi connectivity index (χ0n) is 7.23. The molecule has 3 nitrogen and oxygen atoms in total. The van der Waals surface area contributed by atoms with E-state index in [1.165, 1.54) is 0 Å². The number of carbonyl (C=O) groups is 1. The van der Waals surface area contributed by atoms with E-state index in [1.54, 1.807) is 6.20 Å². The number of nitrogens with zero attached hydrogens (tertiary/aromatic N) is 1. The van der Waals surface area contributed by atoms with Crippen LogP contribution in [0.4, 0.5) is 0 Å². The Kier molecular flexibility index (Phi) is 1.79. The van der Waals surface area contributed by atoms with E-state index in [2.05, 4.69) is 4.98 Å². The van der Waals surface area contributed by atoms with Crippen LogP contribution in [0.5, 0.6) is 0 Å². The second-order valence-electron chi connectivity index (χ2n) is 3.57. The van der Waals surface area contributed by atoms with Crippen molar-refractivity contribution < 1.29 is 9.90 Å². The van der Waals surface area contributed by atoms with Crippen molar-refractivity contribution in [2.24, 2.45) is 0 Å². The molecule has 0 unspecified atom stereocenters. The topological polar surface area (TPSA) is 50.2 Å². The molecule has 3 heteroatoms. The van der Waals surface area contributed by atoms with Gasteiger partial charge in [-0.2, -0.15) is 0 Å². The second kappa shape index (κ2) is 2.83. The highest BCUT2D eigenvalue weighted by Crippen LogP contribution is 2.49. The number of carboxylic acids is 1. The number of pyridine rings is 1. The van der Waals surface area contributed by atoms with Gasteiger partial charge in [0.1, 0.15) is 0 Å². The van der Waals surface area contributed by atoms with E-state index < -0.39 is 5.97 Å². The largest absolute Gasteiger partial charge is 0.481 e. The van der Waals surface area contributed by atoms with Gasteiger partial charge in [-0.1, -0.05) is 6.07 Å². The van der Waals surface area contributed by atoms with Gasteiger partial charge in [0.15, 0.2) is 0 Å². The number of hydrogen-bond donors (Lipinski definition) is 1. The molecule has 0 bridgehead atoms. The summed E-state index contributed by atoms with van der Waals surface area (Å²) < 4.78 is 0. The van der Waals surface area contributed by atoms with Crippen molar-refractivity contribution >= 4 is 5.97 Å². The summed E-state index contributed by atoms with van der Waals surface area (Å²) in [5.74, 6) is -0.733. The third kappa shape index (κ3) is 1.54. The van der Waals surface area contributed by atoms with Crippen molar-refractivity contribution in [2.45, 2.75) is 24.7 Å². The molecular formula is C10H11NO2. The number of aliphatic carboxylic acids is 1. The van der Waals surface area contributed by atoms with E-state index in [-0.39, 0.29) is 11.8 Å². The third-order valence-electron chi connectivity index (χ3n) is 2.55. The van der Waals surface area contributed by atoms with Crippen LogP contribution >= 0.6 is 0 Å². The van der Waals surface area contributed by atoms with Gasteiger partial charge < -0.3 is 5.11 Å². The molecule has 0 atom stereocenters. The van der Waals surface area contributed by atoms with Crippen molar-refractivity contribution in [2.75, 3.05) is 0 Å². The smallest absolute Gasteiger partial charge is 0.304 e. The Morgan fingerprint density at radius 2 is 2.31 bits per heavy atom. The minimum atomic E-state index is -0.733. The molecule has 0 spiro atoms. The van der Waals surface area contributed by atoms with Gasteiger partial charge in [-0.05, 0) is 25.0 Å². The summed E-state index contributed by atoms with van der Waals surface area (Å²) in [5.41, 5.74) is 0.782. The summed E-state index contributed by atoms with van der Waals surface area (Å²) in [6.45, 7) is 0. The molecule has 0 amide bonds. The molecule has 1 N–H and O–H groups in total. The predicted octanol–water partition coefficient (Wildman–Crippen LogP) is 1.59. The Balaban J connectivity index is 2.21. The summed E-state index contributed by atoms with van der Waals surface area (Å²) in [6, 6.07) is 5.67. The van der Waals surface area contributed by atoms with Crippen molar-refractivity contribution in [1.82, 2.24) is 4.98 Å². The molecule has 1 saturated carbocycles. The first-order valence-corrected chi connectivity index (χ1v) is 4.36. The van der Waals surface area contributed by atoms with Gasteiger partial charge in [0.25, 0.3) is 0 Å². The molecule has 1 aromatic rings. The van der Waals surface area contributed by atoms with E-state index in [9.17, 15) is 4.79 Å². The van der Waals surface area contributed by atoms with Crippen molar-refractivity contribution in [3.05, 3.63) is 30.1 Å². The number of carboxylic acid groups (broad SMARTS) is 1. The summed E-state index contributed by atoms with van der Waals surface area (Å²) in [5, 5.41) is 8.72. The third-order valence-corrected chi connectivity index (χ3v) is 2.55. The first-order valence-electron chi connectivity index (χ1n) is 4.36. The molecule has 1 aliphatic rings. The summed E-state index contributed by atoms with van der Waals surface area (Å²) in [6.07, 6.45) is 3.84. The SMILES string of the molecule is O=C(O)CC1(c2ccccn2)CC1. The normalized spacial score (nSPS) is 18.2. The zero-order chi connectivity index (χ0) is 9.31. The highest BCUT2D eigenvalue weighted by molar-refractivity contribution is 5.69. The van der Waals surface area contributed by atoms with E-state index in [0.29, 0.717) is 0 Å². The van der Waals surface area contributed by atoms with Crippen LogP contribution in [0.3, 0.4) is 0 Å². The lowest BCUT2D eigenvalue weighted by Crippen LogP contribution is -2.14. The van der Waals surface area contributed by atoms with Gasteiger partial charge in [-0.25, -0.2) is 0 Å². The van der Waals surface area contributed by atoms with Crippen LogP contribution in [-0.4, -0.2) is 16.1 Å². The quantitative estimate of drug-likeness (QED) is 0.762. The number of rotatable bonds is 3. The molecule has 1 fully saturated rings. The van der Waals surface area contributed by atoms with Crippen LogP contribution in [0.1, 0.15) is 25.0 Å². The van der Waals surface area contributed by atoms with Crippen LogP contribution < -0.4 is 0 Å². The average Bonchev–Trinajstić information content (AvgIpc) is 2.86. The summed E-state index contributed by atoms with van der Waals surface area (Å²) >= 11 is 0. The summed E-state index contributed by atoms with van der Waals surface area (Å²) in [7, 11) is 0. The molecule has 0 saturated heterocycles. The lowest BCUT2D eigenvalue weighted by molar-refractivity contribution is -0.137. The van der Waals surface area contributed by atoms with Gasteiger partial charge >= 0.3 is 5.97 Å². The fourth-order valence-electron chi connectivity index (χ4n) is 1.64. The zero-order valence-corrected chi connectivity index (χ0v) is 7.23. The van der Waals surface area contributed by atoms with Gasteiger partial charge in [-0.3, -0.25) is 9.78 Å². The lowest BCUT2D eigenvalue weighted by atomic mass is 9.98. The maximum absolute atomic E-state index is 10.6. The predicted molar refractivity (Wildman–Crippen MR) is 47.4 cm³/mol. The maximum Gasteiger partial charge on any atom is 0.304 e. The minimum Gasteiger partial charge on any atom is -0.481 e. The monoisotopic (exact) mass is 177 g/mol. The Hall–Kier alpha value is -1.38. The molecule has 68 valence electrons. The maximum atomic E-state index is 10.6. The highest BCUT2D eigenvalue weighted by atomic mass is 16.4. The number of hydrogen-bond acceptors (Lipinski definition) is 2. The van der Waals surface area contributed by atoms with Crippen molar-refractivity contribution in [3.8, 4) is 0 Å². The fourth-order valence-corrected chi connectivity index (χ4v) is 1.64. The molecule has 1 heterocycles. The Labute approximate surface area is 76.4 Å². The van der Waals surface area contributed by atoms with Crippen LogP contribution in [0.15, 0.2) is 24.4 Å². The first kappa shape index (κ1) is 8.23. The molecule has 1 aromatic heterocycles. The Bertz CT molecular complexity index is 317. The molecule has 0 aliphatic heterocycles. The van der Waals surface area contributed by atoms with E-state index >= 15 is 0 Å². The van der Waals surface area contributed by atoms with Gasteiger partial charge in [0.2, 0.25) is 0 Å². The lowest BCUT2D eigenvalue weighted by Gasteiger charge is -2.10. The minimum absolute atomic E-state index is 0.146. The fraction of sp³-hybridized carbons (Fsp3) is 0.400. The highest BCUT2D eigenvalue weighted by Gasteiger charge is 2.47. The van der Waals surface area contributed by atoms with E-state index in [4.69, 9.17) is 5.11 Å². The molecule has 0 aromatic carbocycles. The van der Waals surface area contributed by atoms with Crippen LogP contribution in [-0.2, 0) is 10.2 Å². The van der Waals surface area contributed by atoms with Crippen molar-refractivity contribution in [1.29, 1.82) is 0 Å². The average molecular weight is 177 g/mol. The molecular weight excluding hydrogens is 166 g/mol. The molecule has 2 rings (SSSR count). The van der Waals surface area contributed by atoms with Crippen LogP contribution in [0, 0.1) is 0 Å². The Morgan fingerprint density at radius 1 is 1.54 bits per heavy atom. The van der Waals surface area contributed by atoms with Crippen LogP contribution in [0.25, 0.3) is 0 Å². The summed E-state index contributed by atoms with van der Waals surface area (Å²) in [4.78, 5) is 14.8. The molecule has 13 heavy (non-hydrogen) atoms. The number of aromatic nitrogens is 1. The van der Waals surface area contributed by atoms with Gasteiger partial charge in [0.05, 0.1) is 6.42 Å². The van der Waals surface area contributed by atoms with Crippen molar-refractivity contribution in [3.63, 3.8) is 0 Å². The van der Waals surface area contributed by atoms with Crippen LogP contribution in [0.2, 0.25) is 0 Å². The van der Waals surface area contributed by atoms with E-state index in [1.807, 2.05) is 18.2 Å². The van der Waals surface area contributed by atoms with Gasteiger partial charge in [-0.15, -0.1) is 0 Å². The molecule has 0 radical (unpaired) electrons. The first-order chi connectivity index (χ1) is 6.23. The molecule has 1 aliphatic carbocycles. The van der Waals surface area contributed by atoms with Gasteiger partial charge in [0, 0.05) is 17.3 Å². The second-order valence-corrected chi connectivity index (χ2v) is 3.57.